The Morgan fingerprint density at radius 1 is 1.38 bits per heavy atom. The Morgan fingerprint density at radius 2 is 2.31 bits per heavy atom. The Bertz CT molecular complexity index is 268. The van der Waals surface area contributed by atoms with Gasteiger partial charge in [0.05, 0.1) is 0 Å². The van der Waals surface area contributed by atoms with Crippen LogP contribution in [0.15, 0.2) is 12.2 Å². The van der Waals surface area contributed by atoms with Gasteiger partial charge in [-0.15, -0.1) is 0 Å². The molecule has 4 atom stereocenters. The van der Waals surface area contributed by atoms with Crippen molar-refractivity contribution < 1.29 is 4.79 Å². The van der Waals surface area contributed by atoms with Gasteiger partial charge in [-0.3, -0.25) is 0 Å². The topological polar surface area (TPSA) is 17.1 Å². The number of carbonyl (C=O) groups excluding carboxylic acids is 1. The minimum Gasteiger partial charge on any atom is -0.303 e. The van der Waals surface area contributed by atoms with E-state index in [0.717, 1.165) is 24.2 Å². The Hall–Kier alpha value is -0.590. The zero-order valence-corrected chi connectivity index (χ0v) is 7.91. The molecule has 0 aromatic carbocycles. The van der Waals surface area contributed by atoms with Crippen molar-refractivity contribution in [2.75, 3.05) is 0 Å². The summed E-state index contributed by atoms with van der Waals surface area (Å²) in [5.41, 5.74) is 0.111. The highest BCUT2D eigenvalue weighted by Gasteiger charge is 2.57. The zero-order chi connectivity index (χ0) is 8.89. The van der Waals surface area contributed by atoms with Gasteiger partial charge in [0.15, 0.2) is 0 Å². The maximum absolute atomic E-state index is 11.2. The monoisotopic (exact) mass is 176 g/mol. The van der Waals surface area contributed by atoms with Gasteiger partial charge in [-0.2, -0.15) is 0 Å². The Kier molecular flexibility index (Phi) is 1.47. The predicted molar refractivity (Wildman–Crippen MR) is 51.2 cm³/mol. The van der Waals surface area contributed by atoms with Crippen LogP contribution in [0.3, 0.4) is 0 Å². The minimum atomic E-state index is 0.111. The lowest BCUT2D eigenvalue weighted by Gasteiger charge is -2.26. The largest absolute Gasteiger partial charge is 0.303 e. The molecule has 0 amide bonds. The first kappa shape index (κ1) is 7.78. The summed E-state index contributed by atoms with van der Waals surface area (Å²) in [6.07, 6.45) is 12.1. The molecule has 13 heavy (non-hydrogen) atoms. The molecule has 1 nitrogen and oxygen atoms in total. The van der Waals surface area contributed by atoms with Crippen LogP contribution < -0.4 is 0 Å². The van der Waals surface area contributed by atoms with Gasteiger partial charge in [-0.1, -0.05) is 12.2 Å². The Balaban J connectivity index is 2.03. The molecule has 4 unspecified atom stereocenters. The van der Waals surface area contributed by atoms with Crippen molar-refractivity contribution >= 4 is 6.29 Å². The lowest BCUT2D eigenvalue weighted by Crippen LogP contribution is -2.24. The van der Waals surface area contributed by atoms with Gasteiger partial charge in [-0.05, 0) is 49.9 Å². The second kappa shape index (κ2) is 2.46. The summed E-state index contributed by atoms with van der Waals surface area (Å²) in [5, 5.41) is 0. The van der Waals surface area contributed by atoms with E-state index in [1.807, 2.05) is 0 Å². The van der Waals surface area contributed by atoms with E-state index < -0.39 is 0 Å². The first-order chi connectivity index (χ1) is 6.36. The third-order valence-corrected chi connectivity index (χ3v) is 4.63. The quantitative estimate of drug-likeness (QED) is 0.443. The van der Waals surface area contributed by atoms with Crippen LogP contribution in [0.2, 0.25) is 0 Å². The molecule has 0 spiro atoms. The van der Waals surface area contributed by atoms with E-state index in [1.165, 1.54) is 32.0 Å². The van der Waals surface area contributed by atoms with Crippen LogP contribution in [0, 0.1) is 23.2 Å². The van der Waals surface area contributed by atoms with Crippen molar-refractivity contribution in [2.45, 2.75) is 32.1 Å². The zero-order valence-electron chi connectivity index (χ0n) is 7.91. The number of allylic oxidation sites excluding steroid dienone is 2. The van der Waals surface area contributed by atoms with Gasteiger partial charge in [0.25, 0.3) is 0 Å². The molecule has 0 heterocycles. The standard InChI is InChI=1S/C12H16O/c13-8-12-6-5-10-9(7-12)3-1-2-4-11(10)12/h1,3,8-11H,2,4-7H2. The number of aldehydes is 1. The molecular weight excluding hydrogens is 160 g/mol. The van der Waals surface area contributed by atoms with Gasteiger partial charge in [0.1, 0.15) is 6.29 Å². The number of carbonyl (C=O) groups is 1. The van der Waals surface area contributed by atoms with Crippen LogP contribution in [0.25, 0.3) is 0 Å². The molecule has 0 aromatic heterocycles. The van der Waals surface area contributed by atoms with Gasteiger partial charge >= 0.3 is 0 Å². The third kappa shape index (κ3) is 0.853. The van der Waals surface area contributed by atoms with Crippen LogP contribution >= 0.6 is 0 Å². The molecule has 3 aliphatic rings. The molecule has 0 aliphatic heterocycles. The molecule has 0 aromatic rings. The van der Waals surface area contributed by atoms with Crippen molar-refractivity contribution in [2.24, 2.45) is 23.2 Å². The Labute approximate surface area is 79.2 Å². The molecule has 3 aliphatic carbocycles. The number of rotatable bonds is 1. The summed E-state index contributed by atoms with van der Waals surface area (Å²) < 4.78 is 0. The van der Waals surface area contributed by atoms with Gasteiger partial charge in [0, 0.05) is 5.41 Å². The molecule has 3 rings (SSSR count). The van der Waals surface area contributed by atoms with Gasteiger partial charge in [-0.25, -0.2) is 0 Å². The molecule has 2 saturated carbocycles. The van der Waals surface area contributed by atoms with Crippen molar-refractivity contribution in [3.8, 4) is 0 Å². The summed E-state index contributed by atoms with van der Waals surface area (Å²) >= 11 is 0. The van der Waals surface area contributed by atoms with Gasteiger partial charge < -0.3 is 4.79 Å². The highest BCUT2D eigenvalue weighted by molar-refractivity contribution is 5.62. The van der Waals surface area contributed by atoms with E-state index in [9.17, 15) is 4.79 Å². The molecule has 0 saturated heterocycles. The fraction of sp³-hybridized carbons (Fsp3) is 0.750. The van der Waals surface area contributed by atoms with Crippen molar-refractivity contribution in [1.82, 2.24) is 0 Å². The Morgan fingerprint density at radius 3 is 3.15 bits per heavy atom. The average molecular weight is 176 g/mol. The predicted octanol–water partition coefficient (Wildman–Crippen LogP) is 2.57. The lowest BCUT2D eigenvalue weighted by atomic mass is 9.77. The van der Waals surface area contributed by atoms with Crippen LogP contribution in [0.4, 0.5) is 0 Å². The molecule has 4 bridgehead atoms. The summed E-state index contributed by atoms with van der Waals surface area (Å²) in [6.45, 7) is 0. The summed E-state index contributed by atoms with van der Waals surface area (Å²) in [6, 6.07) is 0. The van der Waals surface area contributed by atoms with E-state index in [2.05, 4.69) is 12.2 Å². The lowest BCUT2D eigenvalue weighted by molar-refractivity contribution is -0.117. The molecule has 0 radical (unpaired) electrons. The fourth-order valence-electron chi connectivity index (χ4n) is 4.06. The molecular formula is C12H16O. The molecule has 0 N–H and O–H groups in total. The van der Waals surface area contributed by atoms with E-state index >= 15 is 0 Å². The van der Waals surface area contributed by atoms with Crippen LogP contribution in [-0.2, 0) is 4.79 Å². The second-order valence-electron chi connectivity index (χ2n) is 5.03. The third-order valence-electron chi connectivity index (χ3n) is 4.63. The number of hydrogen-bond donors (Lipinski definition) is 0. The van der Waals surface area contributed by atoms with Crippen LogP contribution in [-0.4, -0.2) is 6.29 Å². The molecule has 1 heteroatoms. The van der Waals surface area contributed by atoms with Crippen LogP contribution in [0.1, 0.15) is 32.1 Å². The van der Waals surface area contributed by atoms with E-state index in [1.54, 1.807) is 0 Å². The van der Waals surface area contributed by atoms with Gasteiger partial charge in [0.2, 0.25) is 0 Å². The first-order valence-corrected chi connectivity index (χ1v) is 5.49. The summed E-state index contributed by atoms with van der Waals surface area (Å²) in [5.74, 6) is 2.32. The number of hydrogen-bond acceptors (Lipinski definition) is 1. The maximum Gasteiger partial charge on any atom is 0.126 e. The van der Waals surface area contributed by atoms with Crippen molar-refractivity contribution in [3.05, 3.63) is 12.2 Å². The maximum atomic E-state index is 11.2. The highest BCUT2D eigenvalue weighted by atomic mass is 16.1. The van der Waals surface area contributed by atoms with Crippen molar-refractivity contribution in [1.29, 1.82) is 0 Å². The molecule has 70 valence electrons. The van der Waals surface area contributed by atoms with Crippen molar-refractivity contribution in [3.63, 3.8) is 0 Å². The first-order valence-electron chi connectivity index (χ1n) is 5.49. The SMILES string of the molecule is O=CC12CCC3C(C=CCCC31)C2. The second-order valence-corrected chi connectivity index (χ2v) is 5.03. The normalized spacial score (nSPS) is 52.2. The van der Waals surface area contributed by atoms with E-state index in [0.29, 0.717) is 0 Å². The van der Waals surface area contributed by atoms with E-state index in [4.69, 9.17) is 0 Å². The van der Waals surface area contributed by atoms with E-state index in [-0.39, 0.29) is 5.41 Å². The molecule has 2 fully saturated rings. The summed E-state index contributed by atoms with van der Waals surface area (Å²) in [7, 11) is 0. The smallest absolute Gasteiger partial charge is 0.126 e. The van der Waals surface area contributed by atoms with Crippen LogP contribution in [0.5, 0.6) is 0 Å². The highest BCUT2D eigenvalue weighted by Crippen LogP contribution is 2.62. The fourth-order valence-corrected chi connectivity index (χ4v) is 4.06. The minimum absolute atomic E-state index is 0.111. The average Bonchev–Trinajstić information content (AvgIpc) is 2.53. The summed E-state index contributed by atoms with van der Waals surface area (Å²) in [4.78, 5) is 11.2.